The Kier molecular flexibility index (Phi) is 5.55. The Morgan fingerprint density at radius 1 is 1.43 bits per heavy atom. The van der Waals surface area contributed by atoms with Crippen LogP contribution in [-0.4, -0.2) is 46.9 Å². The topological polar surface area (TPSA) is 66.5 Å². The highest BCUT2D eigenvalue weighted by Gasteiger charge is 2.39. The molecule has 0 bridgehead atoms. The first-order chi connectivity index (χ1) is 10.7. The van der Waals surface area contributed by atoms with Crippen molar-refractivity contribution in [3.63, 3.8) is 0 Å². The number of ketones is 1. The summed E-state index contributed by atoms with van der Waals surface area (Å²) < 4.78 is 0. The number of allylic oxidation sites excluding steroid dienone is 1. The molecular weight excluding hydrogens is 312 g/mol. The molecule has 23 heavy (non-hydrogen) atoms. The summed E-state index contributed by atoms with van der Waals surface area (Å²) in [4.78, 5) is 39.5. The second-order valence-electron chi connectivity index (χ2n) is 7.30. The molecule has 0 spiro atoms. The van der Waals surface area contributed by atoms with Gasteiger partial charge in [0.2, 0.25) is 11.8 Å². The minimum absolute atomic E-state index is 0.0219. The number of amides is 2. The first-order valence-corrected chi connectivity index (χ1v) is 9.11. The van der Waals surface area contributed by atoms with Crippen LogP contribution in [0.2, 0.25) is 0 Å². The van der Waals surface area contributed by atoms with E-state index in [-0.39, 0.29) is 23.0 Å². The summed E-state index contributed by atoms with van der Waals surface area (Å²) in [5.74, 6) is 0.795. The lowest BCUT2D eigenvalue weighted by atomic mass is 9.84. The van der Waals surface area contributed by atoms with Crippen molar-refractivity contribution in [2.24, 2.45) is 5.41 Å². The summed E-state index contributed by atoms with van der Waals surface area (Å²) in [5.41, 5.74) is -0.348. The molecule has 1 fully saturated rings. The van der Waals surface area contributed by atoms with E-state index < -0.39 is 12.1 Å². The Labute approximate surface area is 142 Å². The molecule has 0 radical (unpaired) electrons. The number of nitrogens with zero attached hydrogens (tertiary/aromatic N) is 1. The molecule has 0 aromatic carbocycles. The lowest BCUT2D eigenvalue weighted by Crippen LogP contribution is -2.54. The molecule has 1 N–H and O–H groups in total. The maximum atomic E-state index is 12.7. The lowest BCUT2D eigenvalue weighted by Gasteiger charge is -2.32. The third-order valence-corrected chi connectivity index (χ3v) is 5.40. The van der Waals surface area contributed by atoms with Gasteiger partial charge in [-0.05, 0) is 25.2 Å². The average Bonchev–Trinajstić information content (AvgIpc) is 3.06. The van der Waals surface area contributed by atoms with Crippen LogP contribution in [0.1, 0.15) is 47.0 Å². The third kappa shape index (κ3) is 4.37. The van der Waals surface area contributed by atoms with E-state index in [1.165, 1.54) is 6.92 Å². The maximum absolute atomic E-state index is 12.7. The van der Waals surface area contributed by atoms with Crippen molar-refractivity contribution >= 4 is 29.4 Å². The van der Waals surface area contributed by atoms with Gasteiger partial charge in [0.15, 0.2) is 5.78 Å². The normalized spacial score (nSPS) is 23.0. The highest BCUT2D eigenvalue weighted by atomic mass is 32.2. The molecule has 6 heteroatoms. The molecule has 0 aliphatic carbocycles. The van der Waals surface area contributed by atoms with Crippen molar-refractivity contribution in [3.8, 4) is 0 Å². The van der Waals surface area contributed by atoms with E-state index in [9.17, 15) is 14.4 Å². The maximum Gasteiger partial charge on any atom is 0.243 e. The number of likely N-dealkylation sites (tertiary alicyclic amines) is 1. The fourth-order valence-corrected chi connectivity index (χ4v) is 4.08. The first-order valence-electron chi connectivity index (χ1n) is 8.12. The number of carbonyl (C=O) groups excluding carboxylic acids is 3. The summed E-state index contributed by atoms with van der Waals surface area (Å²) in [5, 5.41) is 2.87. The van der Waals surface area contributed by atoms with Crippen LogP contribution in [0.5, 0.6) is 0 Å². The zero-order valence-electron chi connectivity index (χ0n) is 14.3. The second kappa shape index (κ2) is 7.07. The molecular formula is C17H26N2O3S. The minimum Gasteiger partial charge on any atom is -0.344 e. The van der Waals surface area contributed by atoms with Gasteiger partial charge in [0, 0.05) is 17.1 Å². The molecule has 2 rings (SSSR count). The molecule has 0 saturated carbocycles. The molecule has 2 unspecified atom stereocenters. The van der Waals surface area contributed by atoms with Crippen molar-refractivity contribution in [1.82, 2.24) is 10.2 Å². The van der Waals surface area contributed by atoms with Gasteiger partial charge in [-0.1, -0.05) is 26.8 Å². The summed E-state index contributed by atoms with van der Waals surface area (Å²) in [6.45, 7) is 7.79. The van der Waals surface area contributed by atoms with Gasteiger partial charge < -0.3 is 10.2 Å². The zero-order chi connectivity index (χ0) is 17.2. The van der Waals surface area contributed by atoms with Crippen LogP contribution in [0, 0.1) is 5.41 Å². The monoisotopic (exact) mass is 338 g/mol. The second-order valence-corrected chi connectivity index (χ2v) is 8.52. The molecule has 2 aliphatic rings. The number of thioether (sulfide) groups is 1. The van der Waals surface area contributed by atoms with Crippen LogP contribution in [0.3, 0.4) is 0 Å². The molecule has 0 aromatic rings. The zero-order valence-corrected chi connectivity index (χ0v) is 15.2. The van der Waals surface area contributed by atoms with Crippen LogP contribution in [0.25, 0.3) is 0 Å². The highest BCUT2D eigenvalue weighted by molar-refractivity contribution is 8.03. The number of rotatable bonds is 5. The Morgan fingerprint density at radius 2 is 2.13 bits per heavy atom. The van der Waals surface area contributed by atoms with Crippen molar-refractivity contribution in [1.29, 1.82) is 0 Å². The summed E-state index contributed by atoms with van der Waals surface area (Å²) in [6.07, 6.45) is 4.09. The number of hydrogen-bond donors (Lipinski definition) is 1. The van der Waals surface area contributed by atoms with Gasteiger partial charge in [0.05, 0.1) is 12.6 Å². The van der Waals surface area contributed by atoms with E-state index in [1.54, 1.807) is 16.7 Å². The molecule has 128 valence electrons. The molecule has 2 aliphatic heterocycles. The molecule has 2 amide bonds. The Morgan fingerprint density at radius 3 is 2.65 bits per heavy atom. The quantitative estimate of drug-likeness (QED) is 0.834. The van der Waals surface area contributed by atoms with Crippen LogP contribution < -0.4 is 5.32 Å². The lowest BCUT2D eigenvalue weighted by molar-refractivity contribution is -0.136. The number of hydrogen-bond acceptors (Lipinski definition) is 4. The van der Waals surface area contributed by atoms with Crippen molar-refractivity contribution in [2.45, 2.75) is 59.0 Å². The predicted octanol–water partition coefficient (Wildman–Crippen LogP) is 2.12. The van der Waals surface area contributed by atoms with Gasteiger partial charge in [-0.2, -0.15) is 0 Å². The Balaban J connectivity index is 2.07. The molecule has 5 nitrogen and oxygen atoms in total. The van der Waals surface area contributed by atoms with Crippen molar-refractivity contribution in [2.75, 3.05) is 12.3 Å². The average molecular weight is 338 g/mol. The van der Waals surface area contributed by atoms with Gasteiger partial charge in [-0.3, -0.25) is 14.4 Å². The Bertz CT molecular complexity index is 536. The molecule has 1 saturated heterocycles. The van der Waals surface area contributed by atoms with Gasteiger partial charge in [0.1, 0.15) is 6.04 Å². The van der Waals surface area contributed by atoms with Gasteiger partial charge in [-0.25, -0.2) is 0 Å². The van der Waals surface area contributed by atoms with Crippen LogP contribution in [0.4, 0.5) is 0 Å². The smallest absolute Gasteiger partial charge is 0.243 e. The van der Waals surface area contributed by atoms with Crippen LogP contribution in [0.15, 0.2) is 11.0 Å². The van der Waals surface area contributed by atoms with E-state index >= 15 is 0 Å². The predicted molar refractivity (Wildman–Crippen MR) is 92.0 cm³/mol. The van der Waals surface area contributed by atoms with Crippen molar-refractivity contribution < 1.29 is 14.4 Å². The van der Waals surface area contributed by atoms with E-state index in [2.05, 4.69) is 11.4 Å². The number of carbonyl (C=O) groups is 3. The minimum atomic E-state index is -0.535. The van der Waals surface area contributed by atoms with Crippen LogP contribution in [-0.2, 0) is 14.4 Å². The summed E-state index contributed by atoms with van der Waals surface area (Å²) >= 11 is 1.75. The first kappa shape index (κ1) is 18.0. The van der Waals surface area contributed by atoms with Crippen LogP contribution >= 0.6 is 11.8 Å². The fourth-order valence-electron chi connectivity index (χ4n) is 3.12. The van der Waals surface area contributed by atoms with Crippen molar-refractivity contribution in [3.05, 3.63) is 11.0 Å². The summed E-state index contributed by atoms with van der Waals surface area (Å²) in [7, 11) is 0. The van der Waals surface area contributed by atoms with Gasteiger partial charge in [-0.15, -0.1) is 11.8 Å². The highest BCUT2D eigenvalue weighted by Crippen LogP contribution is 2.29. The van der Waals surface area contributed by atoms with Gasteiger partial charge in [0.25, 0.3) is 0 Å². The van der Waals surface area contributed by atoms with E-state index in [4.69, 9.17) is 0 Å². The standard InChI is InChI=1S/C17H26N2O3S/c1-11(20)15(17(2,3)4)18-16(22)13-7-8-14(21)19(13)10-12-6-5-9-23-12/h6,13,15H,5,7-10H2,1-4H3,(H,18,22). The van der Waals surface area contributed by atoms with Gasteiger partial charge >= 0.3 is 0 Å². The third-order valence-electron chi connectivity index (χ3n) is 4.29. The van der Waals surface area contributed by atoms with E-state index in [0.717, 1.165) is 17.1 Å². The Hall–Kier alpha value is -1.30. The van der Waals surface area contributed by atoms with E-state index in [1.807, 2.05) is 20.8 Å². The summed E-state index contributed by atoms with van der Waals surface area (Å²) in [6, 6.07) is -0.999. The molecule has 2 atom stereocenters. The fraction of sp³-hybridized carbons (Fsp3) is 0.706. The molecule has 0 aromatic heterocycles. The molecule has 2 heterocycles. The largest absolute Gasteiger partial charge is 0.344 e. The SMILES string of the molecule is CC(=O)C(NC(=O)C1CCC(=O)N1CC1=CCCS1)C(C)(C)C. The van der Waals surface area contributed by atoms with E-state index in [0.29, 0.717) is 19.4 Å². The number of Topliss-reactive ketones (excluding diaryl/α,β-unsaturated/α-hetero) is 1. The number of nitrogens with one attached hydrogen (secondary N) is 1.